The molecular formula is C22H24ClN5OS. The van der Waals surface area contributed by atoms with Gasteiger partial charge in [0.2, 0.25) is 5.91 Å². The van der Waals surface area contributed by atoms with Crippen molar-refractivity contribution >= 4 is 51.6 Å². The molecule has 3 aromatic rings. The summed E-state index contributed by atoms with van der Waals surface area (Å²) in [6.07, 6.45) is 6.44. The maximum atomic E-state index is 13.1. The van der Waals surface area contributed by atoms with Crippen LogP contribution in [0.25, 0.3) is 17.0 Å². The molecule has 6 nitrogen and oxygen atoms in total. The van der Waals surface area contributed by atoms with Crippen molar-refractivity contribution in [3.05, 3.63) is 57.5 Å². The fourth-order valence-corrected chi connectivity index (χ4v) is 4.85. The molecule has 1 atom stereocenters. The van der Waals surface area contributed by atoms with Crippen LogP contribution in [0.1, 0.15) is 23.8 Å². The fourth-order valence-electron chi connectivity index (χ4n) is 3.85. The van der Waals surface area contributed by atoms with Gasteiger partial charge < -0.3 is 10.6 Å². The number of hydrogen-bond acceptors (Lipinski definition) is 6. The van der Waals surface area contributed by atoms with E-state index in [1.165, 1.54) is 6.33 Å². The van der Waals surface area contributed by atoms with E-state index in [-0.39, 0.29) is 11.9 Å². The van der Waals surface area contributed by atoms with Crippen molar-refractivity contribution in [1.82, 2.24) is 19.8 Å². The summed E-state index contributed by atoms with van der Waals surface area (Å²) >= 11 is 7.60. The SMILES string of the molecule is CC[C@H]1C(=O)N(Cc2ccc3c(N)ncnc3c2)CCN1CC=Cc1cc(Cl)cs1. The van der Waals surface area contributed by atoms with E-state index in [0.717, 1.165) is 45.9 Å². The van der Waals surface area contributed by atoms with E-state index in [1.807, 2.05) is 34.5 Å². The molecule has 0 aliphatic carbocycles. The van der Waals surface area contributed by atoms with Gasteiger partial charge in [0.25, 0.3) is 0 Å². The largest absolute Gasteiger partial charge is 0.383 e. The summed E-state index contributed by atoms with van der Waals surface area (Å²) in [6, 6.07) is 7.76. The third-order valence-corrected chi connectivity index (χ3v) is 6.64. The summed E-state index contributed by atoms with van der Waals surface area (Å²) in [5, 5.41) is 3.52. The number of fused-ring (bicyclic) bond motifs is 1. The Labute approximate surface area is 185 Å². The van der Waals surface area contributed by atoms with Crippen LogP contribution in [0.3, 0.4) is 0 Å². The number of nitrogens with zero attached hydrogens (tertiary/aromatic N) is 4. The average molecular weight is 442 g/mol. The van der Waals surface area contributed by atoms with Crippen LogP contribution in [-0.2, 0) is 11.3 Å². The number of halogens is 1. The molecule has 0 bridgehead atoms. The molecule has 0 radical (unpaired) electrons. The van der Waals surface area contributed by atoms with E-state index in [4.69, 9.17) is 17.3 Å². The summed E-state index contributed by atoms with van der Waals surface area (Å²) < 4.78 is 0. The highest BCUT2D eigenvalue weighted by Gasteiger charge is 2.32. The first-order valence-electron chi connectivity index (χ1n) is 9.97. The molecule has 4 rings (SSSR count). The quantitative estimate of drug-likeness (QED) is 0.624. The van der Waals surface area contributed by atoms with Gasteiger partial charge in [-0.2, -0.15) is 0 Å². The number of amides is 1. The highest BCUT2D eigenvalue weighted by Crippen LogP contribution is 2.22. The Balaban J connectivity index is 1.42. The van der Waals surface area contributed by atoms with E-state index < -0.39 is 0 Å². The average Bonchev–Trinajstić information content (AvgIpc) is 3.15. The Hall–Kier alpha value is -2.48. The molecule has 2 aromatic heterocycles. The Morgan fingerprint density at radius 2 is 2.17 bits per heavy atom. The van der Waals surface area contributed by atoms with E-state index in [9.17, 15) is 4.79 Å². The number of carbonyl (C=O) groups is 1. The minimum absolute atomic E-state index is 0.103. The number of thiophene rings is 1. The van der Waals surface area contributed by atoms with Crippen molar-refractivity contribution < 1.29 is 4.79 Å². The molecule has 156 valence electrons. The molecule has 1 aromatic carbocycles. The predicted octanol–water partition coefficient (Wildman–Crippen LogP) is 4.06. The lowest BCUT2D eigenvalue weighted by molar-refractivity contribution is -0.142. The fraction of sp³-hybridized carbons (Fsp3) is 0.318. The number of rotatable bonds is 6. The molecule has 8 heteroatoms. The number of piperazine rings is 1. The number of anilines is 1. The number of aromatic nitrogens is 2. The van der Waals surface area contributed by atoms with Crippen molar-refractivity contribution in [2.24, 2.45) is 0 Å². The Bertz CT molecular complexity index is 1080. The van der Waals surface area contributed by atoms with Crippen LogP contribution in [0.5, 0.6) is 0 Å². The molecule has 2 N–H and O–H groups in total. The normalized spacial score (nSPS) is 18.0. The summed E-state index contributed by atoms with van der Waals surface area (Å²) in [7, 11) is 0. The minimum Gasteiger partial charge on any atom is -0.383 e. The van der Waals surface area contributed by atoms with Crippen molar-refractivity contribution in [1.29, 1.82) is 0 Å². The van der Waals surface area contributed by atoms with Crippen LogP contribution in [0, 0.1) is 0 Å². The second kappa shape index (κ2) is 9.12. The van der Waals surface area contributed by atoms with Gasteiger partial charge in [0.1, 0.15) is 12.1 Å². The van der Waals surface area contributed by atoms with Gasteiger partial charge >= 0.3 is 0 Å². The van der Waals surface area contributed by atoms with E-state index >= 15 is 0 Å². The smallest absolute Gasteiger partial charge is 0.240 e. The van der Waals surface area contributed by atoms with Crippen LogP contribution < -0.4 is 5.73 Å². The van der Waals surface area contributed by atoms with E-state index in [1.54, 1.807) is 11.3 Å². The molecule has 3 heterocycles. The molecule has 0 saturated carbocycles. The Morgan fingerprint density at radius 1 is 1.30 bits per heavy atom. The van der Waals surface area contributed by atoms with Crippen molar-refractivity contribution in [3.63, 3.8) is 0 Å². The molecule has 30 heavy (non-hydrogen) atoms. The number of benzene rings is 1. The van der Waals surface area contributed by atoms with Crippen LogP contribution in [-0.4, -0.2) is 51.4 Å². The molecule has 1 saturated heterocycles. The number of hydrogen-bond donors (Lipinski definition) is 1. The zero-order valence-corrected chi connectivity index (χ0v) is 18.4. The lowest BCUT2D eigenvalue weighted by Gasteiger charge is -2.40. The van der Waals surface area contributed by atoms with Crippen LogP contribution >= 0.6 is 22.9 Å². The maximum absolute atomic E-state index is 13.1. The molecule has 0 spiro atoms. The van der Waals surface area contributed by atoms with Gasteiger partial charge in [-0.05, 0) is 36.3 Å². The van der Waals surface area contributed by atoms with Gasteiger partial charge in [0.05, 0.1) is 16.6 Å². The topological polar surface area (TPSA) is 75.3 Å². The minimum atomic E-state index is -0.103. The standard InChI is InChI=1S/C22H24ClN5OS/c1-2-20-22(29)28(9-8-27(20)7-3-4-17-11-16(23)13-30-17)12-15-5-6-18-19(10-15)25-14-26-21(18)24/h3-6,10-11,13-14,20H,2,7-9,12H2,1H3,(H2,24,25,26)/t20-/m0/s1. The molecule has 0 unspecified atom stereocenters. The lowest BCUT2D eigenvalue weighted by atomic mass is 10.1. The molecule has 1 fully saturated rings. The van der Waals surface area contributed by atoms with Crippen LogP contribution in [0.15, 0.2) is 42.0 Å². The van der Waals surface area contributed by atoms with E-state index in [2.05, 4.69) is 33.9 Å². The summed E-state index contributed by atoms with van der Waals surface area (Å²) in [6.45, 7) is 4.95. The molecule has 1 amide bonds. The van der Waals surface area contributed by atoms with Gasteiger partial charge in [0, 0.05) is 41.8 Å². The number of carbonyl (C=O) groups excluding carboxylic acids is 1. The second-order valence-electron chi connectivity index (χ2n) is 7.36. The van der Waals surface area contributed by atoms with Gasteiger partial charge in [-0.15, -0.1) is 11.3 Å². The highest BCUT2D eigenvalue weighted by atomic mass is 35.5. The zero-order chi connectivity index (χ0) is 21.1. The highest BCUT2D eigenvalue weighted by molar-refractivity contribution is 7.11. The van der Waals surface area contributed by atoms with Crippen molar-refractivity contribution in [3.8, 4) is 0 Å². The molecule has 1 aliphatic heterocycles. The third kappa shape index (κ3) is 4.48. The first kappa shape index (κ1) is 20.8. The summed E-state index contributed by atoms with van der Waals surface area (Å²) in [5.74, 6) is 0.652. The first-order valence-corrected chi connectivity index (χ1v) is 11.2. The molecular weight excluding hydrogens is 418 g/mol. The summed E-state index contributed by atoms with van der Waals surface area (Å²) in [5.41, 5.74) is 7.76. The number of nitrogens with two attached hydrogens (primary N) is 1. The summed E-state index contributed by atoms with van der Waals surface area (Å²) in [4.78, 5) is 26.8. The van der Waals surface area contributed by atoms with E-state index in [0.29, 0.717) is 18.9 Å². The first-order chi connectivity index (χ1) is 14.5. The monoisotopic (exact) mass is 441 g/mol. The van der Waals surface area contributed by atoms with Crippen molar-refractivity contribution in [2.45, 2.75) is 25.9 Å². The van der Waals surface area contributed by atoms with Gasteiger partial charge in [-0.25, -0.2) is 9.97 Å². The third-order valence-electron chi connectivity index (χ3n) is 5.40. The van der Waals surface area contributed by atoms with Crippen LogP contribution in [0.4, 0.5) is 5.82 Å². The van der Waals surface area contributed by atoms with Crippen molar-refractivity contribution in [2.75, 3.05) is 25.4 Å². The zero-order valence-electron chi connectivity index (χ0n) is 16.8. The van der Waals surface area contributed by atoms with Crippen LogP contribution in [0.2, 0.25) is 5.02 Å². The Kier molecular flexibility index (Phi) is 6.32. The van der Waals surface area contributed by atoms with Gasteiger partial charge in [-0.1, -0.05) is 30.7 Å². The van der Waals surface area contributed by atoms with Gasteiger partial charge in [-0.3, -0.25) is 9.69 Å². The van der Waals surface area contributed by atoms with Gasteiger partial charge in [0.15, 0.2) is 0 Å². The second-order valence-corrected chi connectivity index (χ2v) is 8.74. The number of nitrogen functional groups attached to an aromatic ring is 1. The maximum Gasteiger partial charge on any atom is 0.240 e. The molecule has 1 aliphatic rings. The predicted molar refractivity (Wildman–Crippen MR) is 123 cm³/mol. The Morgan fingerprint density at radius 3 is 2.93 bits per heavy atom. The lowest BCUT2D eigenvalue weighted by Crippen LogP contribution is -2.56.